The van der Waals surface area contributed by atoms with Crippen LogP contribution in [0, 0.1) is 6.92 Å². The molecule has 6 aromatic carbocycles. The van der Waals surface area contributed by atoms with E-state index in [0.29, 0.717) is 0 Å². The van der Waals surface area contributed by atoms with Crippen molar-refractivity contribution in [2.45, 2.75) is 117 Å². The summed E-state index contributed by atoms with van der Waals surface area (Å²) in [6.45, 7) is 29.7. The Morgan fingerprint density at radius 2 is 0.651 bits per heavy atom. The Balaban J connectivity index is 1.11. The highest BCUT2D eigenvalue weighted by molar-refractivity contribution is 7.98. The summed E-state index contributed by atoms with van der Waals surface area (Å²) in [6.07, 6.45) is 2.06. The molecule has 4 nitrogen and oxygen atoms in total. The fraction of sp³-hybridized carbons (Fsp3) is 0.310. The highest BCUT2D eigenvalue weighted by atomic mass is 32.2. The topological polar surface area (TPSA) is 35.6 Å². The lowest BCUT2D eigenvalue weighted by Crippen LogP contribution is -2.10. The van der Waals surface area contributed by atoms with Crippen molar-refractivity contribution in [1.82, 2.24) is 19.1 Å². The summed E-state index contributed by atoms with van der Waals surface area (Å²) in [4.78, 5) is 10.2. The van der Waals surface area contributed by atoms with Crippen LogP contribution in [-0.2, 0) is 21.7 Å². The van der Waals surface area contributed by atoms with Gasteiger partial charge in [0.05, 0.1) is 33.5 Å². The number of benzene rings is 6. The molecule has 3 heterocycles. The molecular weight excluding hydrogens is 785 g/mol. The van der Waals surface area contributed by atoms with E-state index < -0.39 is 0 Å². The third-order valence-corrected chi connectivity index (χ3v) is 13.6. The number of hydrogen-bond acceptors (Lipinski definition) is 3. The third-order valence-electron chi connectivity index (χ3n) is 13.1. The van der Waals surface area contributed by atoms with Crippen LogP contribution in [0.1, 0.15) is 111 Å². The molecule has 0 spiro atoms. The number of thioether (sulfide) groups is 1. The summed E-state index contributed by atoms with van der Waals surface area (Å²) in [5, 5.41) is 5.94. The van der Waals surface area contributed by atoms with Crippen LogP contribution in [0.4, 0.5) is 0 Å². The molecule has 0 saturated heterocycles. The highest BCUT2D eigenvalue weighted by Gasteiger charge is 2.24. The molecule has 0 bridgehead atoms. The number of nitrogens with zero attached hydrogens (tertiary/aromatic N) is 4. The zero-order chi connectivity index (χ0) is 45.0. The van der Waals surface area contributed by atoms with Crippen LogP contribution < -0.4 is 0 Å². The minimum absolute atomic E-state index is 0.0533. The van der Waals surface area contributed by atoms with Crippen molar-refractivity contribution >= 4 is 55.4 Å². The Kier molecular flexibility index (Phi) is 10.1. The molecule has 9 rings (SSSR count). The maximum absolute atomic E-state index is 5.12. The number of aromatic nitrogens is 4. The van der Waals surface area contributed by atoms with Gasteiger partial charge in [0.15, 0.2) is 5.16 Å². The molecule has 0 aliphatic carbocycles. The first-order valence-electron chi connectivity index (χ1n) is 22.4. The Labute approximate surface area is 378 Å². The van der Waals surface area contributed by atoms with Gasteiger partial charge in [0.2, 0.25) is 0 Å². The van der Waals surface area contributed by atoms with E-state index in [-0.39, 0.29) is 21.7 Å². The molecule has 0 saturated carbocycles. The average molecular weight is 847 g/mol. The predicted molar refractivity (Wildman–Crippen MR) is 273 cm³/mol. The number of rotatable bonds is 5. The highest BCUT2D eigenvalue weighted by Crippen LogP contribution is 2.41. The fourth-order valence-corrected chi connectivity index (χ4v) is 9.52. The summed E-state index contributed by atoms with van der Waals surface area (Å²) < 4.78 is 4.84. The molecule has 0 aliphatic rings. The minimum Gasteiger partial charge on any atom is -0.309 e. The van der Waals surface area contributed by atoms with Crippen LogP contribution in [-0.4, -0.2) is 25.4 Å². The second kappa shape index (κ2) is 15.0. The van der Waals surface area contributed by atoms with Gasteiger partial charge in [-0.25, -0.2) is 9.97 Å². The van der Waals surface area contributed by atoms with Gasteiger partial charge in [0.25, 0.3) is 0 Å². The Morgan fingerprint density at radius 1 is 0.381 bits per heavy atom. The smallest absolute Gasteiger partial charge is 0.188 e. The molecule has 0 aliphatic heterocycles. The maximum Gasteiger partial charge on any atom is 0.188 e. The van der Waals surface area contributed by atoms with Crippen LogP contribution in [0.5, 0.6) is 0 Å². The SMILES string of the molecule is CSc1nc(-c2ccc(-n3c4ccc(C(C)(C)C)cc4c4cc(C(C)(C)C)ccc43)cc2)c(C)c(-c2ccc(-n3c4ccc(C(C)(C)C)cc4c4cc(C(C)(C)C)ccc43)cc2)n1. The van der Waals surface area contributed by atoms with E-state index >= 15 is 0 Å². The zero-order valence-corrected chi connectivity index (χ0v) is 40.6. The van der Waals surface area contributed by atoms with E-state index in [1.165, 1.54) is 65.9 Å². The van der Waals surface area contributed by atoms with Gasteiger partial charge in [0.1, 0.15) is 0 Å². The lowest BCUT2D eigenvalue weighted by molar-refractivity contribution is 0.590. The first kappa shape index (κ1) is 42.6. The molecule has 320 valence electrons. The van der Waals surface area contributed by atoms with Crippen molar-refractivity contribution in [2.75, 3.05) is 6.26 Å². The van der Waals surface area contributed by atoms with Gasteiger partial charge in [0, 0.05) is 49.6 Å². The van der Waals surface area contributed by atoms with Gasteiger partial charge < -0.3 is 9.13 Å². The monoisotopic (exact) mass is 846 g/mol. The Morgan fingerprint density at radius 3 is 0.889 bits per heavy atom. The normalized spacial score (nSPS) is 13.0. The zero-order valence-electron chi connectivity index (χ0n) is 39.7. The predicted octanol–water partition coefficient (Wildman–Crippen LogP) is 16.2. The van der Waals surface area contributed by atoms with Crippen molar-refractivity contribution in [2.24, 2.45) is 0 Å². The molecule has 9 aromatic rings. The molecular formula is C58H62N4S. The van der Waals surface area contributed by atoms with Crippen molar-refractivity contribution in [1.29, 1.82) is 0 Å². The lowest BCUT2D eigenvalue weighted by atomic mass is 9.85. The van der Waals surface area contributed by atoms with E-state index in [2.05, 4.69) is 227 Å². The Hall–Kier alpha value is -5.65. The third kappa shape index (κ3) is 7.56. The molecule has 63 heavy (non-hydrogen) atoms. The molecule has 0 amide bonds. The van der Waals surface area contributed by atoms with E-state index in [1.54, 1.807) is 11.8 Å². The summed E-state index contributed by atoms with van der Waals surface area (Å²) in [5.74, 6) is 0. The summed E-state index contributed by atoms with van der Waals surface area (Å²) in [5.41, 5.74) is 17.9. The van der Waals surface area contributed by atoms with Crippen molar-refractivity contribution < 1.29 is 0 Å². The number of hydrogen-bond donors (Lipinski definition) is 0. The largest absolute Gasteiger partial charge is 0.309 e. The van der Waals surface area contributed by atoms with Gasteiger partial charge in [-0.1, -0.05) is 143 Å². The first-order chi connectivity index (χ1) is 29.6. The van der Waals surface area contributed by atoms with E-state index in [9.17, 15) is 0 Å². The summed E-state index contributed by atoms with van der Waals surface area (Å²) in [7, 11) is 0. The average Bonchev–Trinajstić information content (AvgIpc) is 3.74. The molecule has 0 unspecified atom stereocenters. The van der Waals surface area contributed by atoms with Crippen LogP contribution >= 0.6 is 11.8 Å². The maximum atomic E-state index is 5.12. The first-order valence-corrected chi connectivity index (χ1v) is 23.7. The molecule has 5 heteroatoms. The second-order valence-corrected chi connectivity index (χ2v) is 22.5. The molecule has 0 fully saturated rings. The van der Waals surface area contributed by atoms with Gasteiger partial charge in [-0.05, 0) is 130 Å². The van der Waals surface area contributed by atoms with E-state index in [4.69, 9.17) is 9.97 Å². The fourth-order valence-electron chi connectivity index (χ4n) is 9.16. The summed E-state index contributed by atoms with van der Waals surface area (Å²) in [6, 6.07) is 46.0. The van der Waals surface area contributed by atoms with Crippen LogP contribution in [0.3, 0.4) is 0 Å². The van der Waals surface area contributed by atoms with E-state index in [1.807, 2.05) is 0 Å². The molecule has 3 aromatic heterocycles. The van der Waals surface area contributed by atoms with Crippen molar-refractivity contribution in [3.63, 3.8) is 0 Å². The van der Waals surface area contributed by atoms with Gasteiger partial charge in [-0.15, -0.1) is 0 Å². The van der Waals surface area contributed by atoms with Crippen LogP contribution in [0.2, 0.25) is 0 Å². The van der Waals surface area contributed by atoms with Gasteiger partial charge >= 0.3 is 0 Å². The number of fused-ring (bicyclic) bond motifs is 6. The van der Waals surface area contributed by atoms with Gasteiger partial charge in [-0.3, -0.25) is 0 Å². The lowest BCUT2D eigenvalue weighted by Gasteiger charge is -2.19. The van der Waals surface area contributed by atoms with E-state index in [0.717, 1.165) is 44.6 Å². The Bertz CT molecular complexity index is 2870. The quantitative estimate of drug-likeness (QED) is 0.128. The molecule has 0 N–H and O–H groups in total. The minimum atomic E-state index is 0.0533. The second-order valence-electron chi connectivity index (χ2n) is 21.7. The molecule has 0 radical (unpaired) electrons. The van der Waals surface area contributed by atoms with Crippen molar-refractivity contribution in [3.05, 3.63) is 149 Å². The van der Waals surface area contributed by atoms with Crippen LogP contribution in [0.15, 0.2) is 126 Å². The van der Waals surface area contributed by atoms with Crippen LogP contribution in [0.25, 0.3) is 77.5 Å². The van der Waals surface area contributed by atoms with Crippen molar-refractivity contribution in [3.8, 4) is 33.9 Å². The summed E-state index contributed by atoms with van der Waals surface area (Å²) >= 11 is 1.58. The molecule has 0 atom stereocenters. The van der Waals surface area contributed by atoms with Gasteiger partial charge in [-0.2, -0.15) is 0 Å². The standard InChI is InChI=1S/C58H62N4S/c1-35-52(36-15-23-42(24-16-36)61-48-27-19-38(55(2,3)4)31-44(48)45-32-39(56(5,6)7)20-28-49(45)61)59-54(63-14)60-53(35)37-17-25-43(26-18-37)62-50-29-21-40(57(8,9)10)33-46(50)47-34-41(58(11,12)13)22-30-51(47)62/h15-34H,1-14H3.